The zero-order valence-corrected chi connectivity index (χ0v) is 8.61. The van der Waals surface area contributed by atoms with Crippen molar-refractivity contribution in [3.05, 3.63) is 6.07 Å². The molecule has 0 radical (unpaired) electrons. The summed E-state index contributed by atoms with van der Waals surface area (Å²) in [6, 6.07) is 1.68. The first kappa shape index (κ1) is 9.89. The zero-order valence-electron chi connectivity index (χ0n) is 8.61. The monoisotopic (exact) mass is 208 g/mol. The Kier molecular flexibility index (Phi) is 2.53. The number of rotatable bonds is 1. The molecule has 0 atom stereocenters. The lowest BCUT2D eigenvalue weighted by Crippen LogP contribution is -2.30. The minimum absolute atomic E-state index is 0.107. The molecule has 1 aromatic heterocycles. The van der Waals surface area contributed by atoms with Crippen LogP contribution in [0.2, 0.25) is 0 Å². The third-order valence-electron chi connectivity index (χ3n) is 2.72. The number of pyridine rings is 1. The van der Waals surface area contributed by atoms with Crippen LogP contribution in [0.25, 0.3) is 0 Å². The molecule has 0 saturated carbocycles. The molecule has 82 valence electrons. The van der Waals surface area contributed by atoms with Gasteiger partial charge in [-0.1, -0.05) is 0 Å². The predicted molar refractivity (Wildman–Crippen MR) is 60.8 cm³/mol. The Balaban J connectivity index is 2.27. The minimum atomic E-state index is -0.115. The predicted octanol–water partition coefficient (Wildman–Crippen LogP) is 0.942. The number of nitrogen functional groups attached to an aromatic ring is 2. The summed E-state index contributed by atoms with van der Waals surface area (Å²) in [4.78, 5) is 6.28. The molecule has 2 rings (SSSR count). The van der Waals surface area contributed by atoms with Crippen molar-refractivity contribution in [2.45, 2.75) is 19.3 Å². The zero-order chi connectivity index (χ0) is 10.8. The van der Waals surface area contributed by atoms with Gasteiger partial charge in [-0.05, 0) is 19.3 Å². The molecule has 5 N–H and O–H groups in total. The Hall–Kier alpha value is -1.65. The molecule has 5 heteroatoms. The van der Waals surface area contributed by atoms with Gasteiger partial charge >= 0.3 is 0 Å². The van der Waals surface area contributed by atoms with Gasteiger partial charge in [0.2, 0.25) is 0 Å². The van der Waals surface area contributed by atoms with E-state index in [9.17, 15) is 5.11 Å². The maximum Gasteiger partial charge on any atom is 0.181 e. The molecule has 15 heavy (non-hydrogen) atoms. The van der Waals surface area contributed by atoms with E-state index < -0.39 is 0 Å². The van der Waals surface area contributed by atoms with Crippen molar-refractivity contribution < 1.29 is 5.11 Å². The standard InChI is InChI=1S/C10H16N4O/c11-7-6-8(13-10(12)9(7)15)14-4-2-1-3-5-14/h6,15H,1-5H2,(H4,11,12,13). The fourth-order valence-electron chi connectivity index (χ4n) is 1.85. The Labute approximate surface area is 88.7 Å². The smallest absolute Gasteiger partial charge is 0.181 e. The van der Waals surface area contributed by atoms with Crippen LogP contribution in [0.1, 0.15) is 19.3 Å². The van der Waals surface area contributed by atoms with E-state index in [0.29, 0.717) is 5.69 Å². The van der Waals surface area contributed by atoms with Gasteiger partial charge in [0.25, 0.3) is 0 Å². The van der Waals surface area contributed by atoms with E-state index in [2.05, 4.69) is 9.88 Å². The van der Waals surface area contributed by atoms with Gasteiger partial charge in [-0.25, -0.2) is 4.98 Å². The highest BCUT2D eigenvalue weighted by Crippen LogP contribution is 2.30. The van der Waals surface area contributed by atoms with Crippen LogP contribution in [0.3, 0.4) is 0 Å². The Morgan fingerprint density at radius 1 is 1.20 bits per heavy atom. The number of piperidine rings is 1. The van der Waals surface area contributed by atoms with Gasteiger partial charge in [0, 0.05) is 19.2 Å². The molecule has 0 aromatic carbocycles. The summed E-state index contributed by atoms with van der Waals surface area (Å²) in [5.74, 6) is 0.758. The highest BCUT2D eigenvalue weighted by Gasteiger charge is 2.15. The maximum absolute atomic E-state index is 9.40. The second kappa shape index (κ2) is 3.84. The molecule has 1 aliphatic heterocycles. The highest BCUT2D eigenvalue weighted by molar-refractivity contribution is 5.68. The first-order chi connectivity index (χ1) is 7.18. The van der Waals surface area contributed by atoms with Crippen LogP contribution in [0.5, 0.6) is 5.75 Å². The van der Waals surface area contributed by atoms with Gasteiger partial charge in [0.1, 0.15) is 5.82 Å². The van der Waals surface area contributed by atoms with E-state index in [1.807, 2.05) is 0 Å². The molecule has 0 spiro atoms. The van der Waals surface area contributed by atoms with Crippen LogP contribution in [0.4, 0.5) is 17.3 Å². The molecule has 1 aliphatic rings. The maximum atomic E-state index is 9.40. The number of anilines is 3. The largest absolute Gasteiger partial charge is 0.503 e. The first-order valence-electron chi connectivity index (χ1n) is 5.18. The highest BCUT2D eigenvalue weighted by atomic mass is 16.3. The number of hydrogen-bond donors (Lipinski definition) is 3. The van der Waals surface area contributed by atoms with Gasteiger partial charge in [-0.2, -0.15) is 0 Å². The van der Waals surface area contributed by atoms with E-state index in [1.165, 1.54) is 19.3 Å². The molecular formula is C10H16N4O. The number of aromatic nitrogens is 1. The minimum Gasteiger partial charge on any atom is -0.503 e. The van der Waals surface area contributed by atoms with Crippen LogP contribution in [-0.2, 0) is 0 Å². The van der Waals surface area contributed by atoms with E-state index in [0.717, 1.165) is 18.9 Å². The second-order valence-electron chi connectivity index (χ2n) is 3.85. The summed E-state index contributed by atoms with van der Waals surface area (Å²) < 4.78 is 0. The van der Waals surface area contributed by atoms with Gasteiger partial charge < -0.3 is 21.5 Å². The van der Waals surface area contributed by atoms with Gasteiger partial charge in [-0.3, -0.25) is 0 Å². The lowest BCUT2D eigenvalue weighted by molar-refractivity contribution is 0.478. The van der Waals surface area contributed by atoms with Crippen molar-refractivity contribution in [2.75, 3.05) is 29.5 Å². The van der Waals surface area contributed by atoms with E-state index in [-0.39, 0.29) is 11.6 Å². The third-order valence-corrected chi connectivity index (χ3v) is 2.72. The van der Waals surface area contributed by atoms with Crippen LogP contribution in [0, 0.1) is 0 Å². The topological polar surface area (TPSA) is 88.4 Å². The molecule has 5 nitrogen and oxygen atoms in total. The van der Waals surface area contributed by atoms with Gasteiger partial charge in [-0.15, -0.1) is 0 Å². The van der Waals surface area contributed by atoms with Gasteiger partial charge in [0.05, 0.1) is 5.69 Å². The Morgan fingerprint density at radius 3 is 2.47 bits per heavy atom. The van der Waals surface area contributed by atoms with Crippen molar-refractivity contribution in [1.29, 1.82) is 0 Å². The van der Waals surface area contributed by atoms with Gasteiger partial charge in [0.15, 0.2) is 11.6 Å². The van der Waals surface area contributed by atoms with Crippen LogP contribution in [-0.4, -0.2) is 23.2 Å². The number of nitrogens with zero attached hydrogens (tertiary/aromatic N) is 2. The van der Waals surface area contributed by atoms with Crippen molar-refractivity contribution in [1.82, 2.24) is 4.98 Å². The van der Waals surface area contributed by atoms with Crippen LogP contribution < -0.4 is 16.4 Å². The fourth-order valence-corrected chi connectivity index (χ4v) is 1.85. The molecule has 2 heterocycles. The van der Waals surface area contributed by atoms with Crippen LogP contribution >= 0.6 is 0 Å². The van der Waals surface area contributed by atoms with Crippen LogP contribution in [0.15, 0.2) is 6.07 Å². The average Bonchev–Trinajstić information content (AvgIpc) is 2.26. The molecule has 0 aliphatic carbocycles. The Morgan fingerprint density at radius 2 is 1.87 bits per heavy atom. The lowest BCUT2D eigenvalue weighted by atomic mass is 10.1. The number of nitrogens with two attached hydrogens (primary N) is 2. The summed E-state index contributed by atoms with van der Waals surface area (Å²) in [6.07, 6.45) is 3.60. The van der Waals surface area contributed by atoms with E-state index in [1.54, 1.807) is 6.07 Å². The summed E-state index contributed by atoms with van der Waals surface area (Å²) in [5.41, 5.74) is 11.5. The van der Waals surface area contributed by atoms with E-state index >= 15 is 0 Å². The molecule has 0 bridgehead atoms. The van der Waals surface area contributed by atoms with Crippen molar-refractivity contribution in [2.24, 2.45) is 0 Å². The van der Waals surface area contributed by atoms with Crippen molar-refractivity contribution in [3.8, 4) is 5.75 Å². The summed E-state index contributed by atoms with van der Waals surface area (Å²) >= 11 is 0. The summed E-state index contributed by atoms with van der Waals surface area (Å²) in [6.45, 7) is 1.97. The summed E-state index contributed by atoms with van der Waals surface area (Å²) in [5, 5.41) is 9.40. The quantitative estimate of drug-likeness (QED) is 0.639. The molecule has 0 amide bonds. The fraction of sp³-hybridized carbons (Fsp3) is 0.500. The second-order valence-corrected chi connectivity index (χ2v) is 3.85. The molecule has 0 unspecified atom stereocenters. The SMILES string of the molecule is Nc1cc(N2CCCCC2)nc(N)c1O. The number of aromatic hydroxyl groups is 1. The molecule has 1 saturated heterocycles. The number of hydrogen-bond acceptors (Lipinski definition) is 5. The van der Waals surface area contributed by atoms with Crippen molar-refractivity contribution in [3.63, 3.8) is 0 Å². The van der Waals surface area contributed by atoms with E-state index in [4.69, 9.17) is 11.5 Å². The Bertz CT molecular complexity index is 337. The van der Waals surface area contributed by atoms with Crippen molar-refractivity contribution >= 4 is 17.3 Å². The average molecular weight is 208 g/mol. The lowest BCUT2D eigenvalue weighted by Gasteiger charge is -2.28. The molecule has 1 aromatic rings. The first-order valence-corrected chi connectivity index (χ1v) is 5.18. The molecule has 1 fully saturated rings. The molecular weight excluding hydrogens is 192 g/mol. The normalized spacial score (nSPS) is 16.7. The third kappa shape index (κ3) is 1.91. The summed E-state index contributed by atoms with van der Waals surface area (Å²) in [7, 11) is 0.